The van der Waals surface area contributed by atoms with E-state index in [0.29, 0.717) is 16.7 Å². The van der Waals surface area contributed by atoms with E-state index in [2.05, 4.69) is 5.32 Å². The lowest BCUT2D eigenvalue weighted by atomic mass is 10.1. The van der Waals surface area contributed by atoms with Crippen molar-refractivity contribution in [1.82, 2.24) is 0 Å². The first-order valence-corrected chi connectivity index (χ1v) is 6.42. The van der Waals surface area contributed by atoms with Crippen LogP contribution in [-0.4, -0.2) is 4.92 Å². The summed E-state index contributed by atoms with van der Waals surface area (Å²) in [5.41, 5.74) is -0.363. The summed E-state index contributed by atoms with van der Waals surface area (Å²) in [4.78, 5) is 10.0. The van der Waals surface area contributed by atoms with Gasteiger partial charge in [-0.3, -0.25) is 10.1 Å². The molecule has 2 aromatic carbocycles. The molecule has 0 amide bonds. The summed E-state index contributed by atoms with van der Waals surface area (Å²) in [6.07, 6.45) is 0. The second kappa shape index (κ2) is 6.05. The number of benzene rings is 2. The third-order valence-corrected chi connectivity index (χ3v) is 3.30. The minimum Gasteiger partial charge on any atom is -0.373 e. The van der Waals surface area contributed by atoms with Crippen LogP contribution in [0.3, 0.4) is 0 Å². The van der Waals surface area contributed by atoms with Crippen LogP contribution in [0.25, 0.3) is 0 Å². The molecule has 110 valence electrons. The average Bonchev–Trinajstić information content (AvgIpc) is 2.37. The third kappa shape index (κ3) is 3.28. The van der Waals surface area contributed by atoms with Crippen molar-refractivity contribution in [2.75, 3.05) is 5.32 Å². The fraction of sp³-hybridized carbons (Fsp3) is 0.143. The van der Waals surface area contributed by atoms with Gasteiger partial charge in [0, 0.05) is 17.2 Å². The van der Waals surface area contributed by atoms with Crippen molar-refractivity contribution < 1.29 is 13.7 Å². The smallest absolute Gasteiger partial charge is 0.327 e. The summed E-state index contributed by atoms with van der Waals surface area (Å²) >= 11 is 6.03. The molecule has 1 atom stereocenters. The van der Waals surface area contributed by atoms with Crippen LogP contribution in [0, 0.1) is 21.7 Å². The van der Waals surface area contributed by atoms with E-state index in [1.54, 1.807) is 31.2 Å². The van der Waals surface area contributed by atoms with E-state index >= 15 is 0 Å². The van der Waals surface area contributed by atoms with E-state index in [-0.39, 0.29) is 5.69 Å². The number of nitrogens with one attached hydrogen (secondary N) is 1. The molecule has 0 aliphatic carbocycles. The summed E-state index contributed by atoms with van der Waals surface area (Å²) in [7, 11) is 0. The van der Waals surface area contributed by atoms with Gasteiger partial charge in [-0.05, 0) is 18.6 Å². The summed E-state index contributed by atoms with van der Waals surface area (Å²) in [5.74, 6) is -2.12. The Bertz CT molecular complexity index is 695. The summed E-state index contributed by atoms with van der Waals surface area (Å²) in [6, 6.07) is 7.77. The highest BCUT2D eigenvalue weighted by Gasteiger charge is 2.23. The zero-order valence-electron chi connectivity index (χ0n) is 10.9. The number of halogens is 3. The molecule has 0 bridgehead atoms. The second-order valence-electron chi connectivity index (χ2n) is 4.43. The molecule has 4 nitrogen and oxygen atoms in total. The minimum atomic E-state index is -1.23. The van der Waals surface area contributed by atoms with Crippen LogP contribution in [0.1, 0.15) is 18.5 Å². The van der Waals surface area contributed by atoms with Gasteiger partial charge in [-0.15, -0.1) is 0 Å². The van der Waals surface area contributed by atoms with Crippen molar-refractivity contribution in [3.63, 3.8) is 0 Å². The van der Waals surface area contributed by atoms with E-state index in [1.165, 1.54) is 0 Å². The maximum Gasteiger partial charge on any atom is 0.327 e. The highest BCUT2D eigenvalue weighted by Crippen LogP contribution is 2.33. The standard InChI is InChI=1S/C14H11ClF2N2O2/c1-8(10-4-2-3-5-11(10)15)18-13-7-9(16)6-12(17)14(13)19(20)21/h2-8,18H,1H3. The van der Waals surface area contributed by atoms with Gasteiger partial charge in [0.2, 0.25) is 5.82 Å². The molecular formula is C14H11ClF2N2O2. The average molecular weight is 313 g/mol. The van der Waals surface area contributed by atoms with Gasteiger partial charge in [0.15, 0.2) is 0 Å². The monoisotopic (exact) mass is 312 g/mol. The number of anilines is 1. The SMILES string of the molecule is CC(Nc1cc(F)cc(F)c1[N+](=O)[O-])c1ccccc1Cl. The zero-order valence-corrected chi connectivity index (χ0v) is 11.7. The van der Waals surface area contributed by atoms with E-state index in [0.717, 1.165) is 6.07 Å². The Morgan fingerprint density at radius 2 is 1.95 bits per heavy atom. The van der Waals surface area contributed by atoms with Gasteiger partial charge < -0.3 is 5.32 Å². The van der Waals surface area contributed by atoms with Gasteiger partial charge in [-0.25, -0.2) is 4.39 Å². The first-order valence-electron chi connectivity index (χ1n) is 6.04. The Morgan fingerprint density at radius 1 is 1.29 bits per heavy atom. The molecule has 1 unspecified atom stereocenters. The van der Waals surface area contributed by atoms with Crippen LogP contribution in [-0.2, 0) is 0 Å². The fourth-order valence-electron chi connectivity index (χ4n) is 2.00. The van der Waals surface area contributed by atoms with E-state index in [9.17, 15) is 18.9 Å². The van der Waals surface area contributed by atoms with Crippen molar-refractivity contribution in [1.29, 1.82) is 0 Å². The quantitative estimate of drug-likeness (QED) is 0.657. The Hall–Kier alpha value is -2.21. The molecule has 21 heavy (non-hydrogen) atoms. The van der Waals surface area contributed by atoms with Crippen LogP contribution >= 0.6 is 11.6 Å². The molecule has 7 heteroatoms. The molecular weight excluding hydrogens is 302 g/mol. The maximum atomic E-state index is 13.5. The molecule has 0 fully saturated rings. The maximum absolute atomic E-state index is 13.5. The molecule has 1 N–H and O–H groups in total. The highest BCUT2D eigenvalue weighted by atomic mass is 35.5. The van der Waals surface area contributed by atoms with Gasteiger partial charge in [0.25, 0.3) is 0 Å². The Morgan fingerprint density at radius 3 is 2.57 bits per heavy atom. The molecule has 0 aromatic heterocycles. The number of hydrogen-bond donors (Lipinski definition) is 1. The molecule has 0 saturated heterocycles. The summed E-state index contributed by atoms with van der Waals surface area (Å²) < 4.78 is 26.8. The van der Waals surface area contributed by atoms with E-state index < -0.39 is 28.3 Å². The molecule has 2 rings (SSSR count). The zero-order chi connectivity index (χ0) is 15.6. The van der Waals surface area contributed by atoms with Gasteiger partial charge in [-0.1, -0.05) is 29.8 Å². The van der Waals surface area contributed by atoms with Gasteiger partial charge in [-0.2, -0.15) is 4.39 Å². The molecule has 0 aliphatic heterocycles. The normalized spacial score (nSPS) is 12.0. The predicted molar refractivity (Wildman–Crippen MR) is 76.5 cm³/mol. The lowest BCUT2D eigenvalue weighted by Crippen LogP contribution is -2.10. The molecule has 0 saturated carbocycles. The van der Waals surface area contributed by atoms with E-state index in [1.807, 2.05) is 0 Å². The minimum absolute atomic E-state index is 0.232. The fourth-order valence-corrected chi connectivity index (χ4v) is 2.30. The lowest BCUT2D eigenvalue weighted by molar-refractivity contribution is -0.386. The molecule has 0 radical (unpaired) electrons. The van der Waals surface area contributed by atoms with Crippen LogP contribution in [0.2, 0.25) is 5.02 Å². The van der Waals surface area contributed by atoms with Gasteiger partial charge >= 0.3 is 5.69 Å². The van der Waals surface area contributed by atoms with Gasteiger partial charge in [0.1, 0.15) is 11.5 Å². The first-order chi connectivity index (χ1) is 9.90. The number of nitro benzene ring substituents is 1. The van der Waals surface area contributed by atoms with Crippen molar-refractivity contribution in [2.45, 2.75) is 13.0 Å². The predicted octanol–water partition coefficient (Wildman–Crippen LogP) is 4.70. The summed E-state index contributed by atoms with van der Waals surface area (Å²) in [5, 5.41) is 14.1. The van der Waals surface area contributed by atoms with Gasteiger partial charge in [0.05, 0.1) is 11.0 Å². The van der Waals surface area contributed by atoms with Crippen molar-refractivity contribution >= 4 is 23.0 Å². The molecule has 2 aromatic rings. The highest BCUT2D eigenvalue weighted by molar-refractivity contribution is 6.31. The third-order valence-electron chi connectivity index (χ3n) is 2.95. The number of nitro groups is 1. The number of hydrogen-bond acceptors (Lipinski definition) is 3. The van der Waals surface area contributed by atoms with Crippen molar-refractivity contribution in [2.24, 2.45) is 0 Å². The van der Waals surface area contributed by atoms with Crippen molar-refractivity contribution in [3.05, 3.63) is 68.7 Å². The number of rotatable bonds is 4. The van der Waals surface area contributed by atoms with Crippen molar-refractivity contribution in [3.8, 4) is 0 Å². The lowest BCUT2D eigenvalue weighted by Gasteiger charge is -2.17. The Labute approximate surface area is 124 Å². The van der Waals surface area contributed by atoms with Crippen LogP contribution in [0.5, 0.6) is 0 Å². The van der Waals surface area contributed by atoms with E-state index in [4.69, 9.17) is 11.6 Å². The summed E-state index contributed by atoms with van der Waals surface area (Å²) in [6.45, 7) is 1.69. The van der Waals surface area contributed by atoms with Crippen LogP contribution in [0.4, 0.5) is 20.2 Å². The Kier molecular flexibility index (Phi) is 4.37. The largest absolute Gasteiger partial charge is 0.373 e. The molecule has 0 aliphatic rings. The first kappa shape index (κ1) is 15.2. The second-order valence-corrected chi connectivity index (χ2v) is 4.84. The van der Waals surface area contributed by atoms with Crippen LogP contribution in [0.15, 0.2) is 36.4 Å². The molecule has 0 heterocycles. The van der Waals surface area contributed by atoms with Crippen LogP contribution < -0.4 is 5.32 Å². The topological polar surface area (TPSA) is 55.2 Å². The number of nitrogens with zero attached hydrogens (tertiary/aromatic N) is 1. The molecule has 0 spiro atoms. The Balaban J connectivity index is 2.40.